The molecule has 0 saturated carbocycles. The first-order valence-electron chi connectivity index (χ1n) is 28.1. The number of esters is 3. The molecule has 74 heavy (non-hydrogen) atoms. The van der Waals surface area contributed by atoms with Gasteiger partial charge in [0.15, 0.2) is 6.10 Å². The molecule has 0 bridgehead atoms. The molecule has 0 aromatic carbocycles. The molecular formula is C62H99O11P. The summed E-state index contributed by atoms with van der Waals surface area (Å²) in [5.74, 6) is -1.67. The lowest BCUT2D eigenvalue weighted by Crippen LogP contribution is -2.30. The number of rotatable bonds is 50. The van der Waals surface area contributed by atoms with E-state index in [1.807, 2.05) is 18.2 Å². The van der Waals surface area contributed by atoms with Gasteiger partial charge in [0.05, 0.1) is 26.2 Å². The van der Waals surface area contributed by atoms with Gasteiger partial charge in [-0.2, -0.15) is 0 Å². The van der Waals surface area contributed by atoms with E-state index in [-0.39, 0.29) is 25.9 Å². The highest BCUT2D eigenvalue weighted by atomic mass is 31.2. The van der Waals surface area contributed by atoms with Crippen molar-refractivity contribution >= 4 is 25.7 Å². The molecule has 11 nitrogen and oxygen atoms in total. The first-order valence-corrected chi connectivity index (χ1v) is 29.6. The fourth-order valence-electron chi connectivity index (χ4n) is 6.86. The third-order valence-corrected chi connectivity index (χ3v) is 12.0. The van der Waals surface area contributed by atoms with Crippen molar-refractivity contribution in [2.45, 2.75) is 213 Å². The van der Waals surface area contributed by atoms with Crippen LogP contribution in [-0.2, 0) is 42.2 Å². The number of phosphoric ester groups is 1. The van der Waals surface area contributed by atoms with E-state index in [1.165, 1.54) is 25.7 Å². The summed E-state index contributed by atoms with van der Waals surface area (Å²) >= 11 is 0. The molecule has 0 aliphatic rings. The van der Waals surface area contributed by atoms with Gasteiger partial charge in [0.2, 0.25) is 0 Å². The summed E-state index contributed by atoms with van der Waals surface area (Å²) in [6, 6.07) is 0. The fourth-order valence-corrected chi connectivity index (χ4v) is 7.65. The quantitative estimate of drug-likeness (QED) is 0.0197. The maximum Gasteiger partial charge on any atom is 0.472 e. The minimum absolute atomic E-state index is 0.0649. The standard InChI is InChI=1S/C62H99O11P/c1-4-7-10-13-16-19-22-25-27-28-29-30-32-35-38-41-44-47-50-53-62(66)73-59(55-69-60(64)51-48-45-42-39-36-33-24-21-18-15-12-9-6-3)57-71-74(67,68)70-56-58(54-63)72-61(65)52-49-46-43-40-37-34-31-26-23-20-17-14-11-8-5-2/h8-9,11-12,16-21,25-27,29-31,33,36-37,40,46,49,58-59,63H,4-7,10,13-15,22-24,28,32,34-35,38-39,41-45,47-48,50-57H2,1-3H3,(H,67,68)/b11-8-,12-9-,19-16-,20-17-,21-18-,27-25-,30-29-,31-26-,36-33-,40-37-,49-46-. The highest BCUT2D eigenvalue weighted by Gasteiger charge is 2.28. The van der Waals surface area contributed by atoms with Gasteiger partial charge in [-0.25, -0.2) is 4.57 Å². The second-order valence-electron chi connectivity index (χ2n) is 18.0. The summed E-state index contributed by atoms with van der Waals surface area (Å²) in [4.78, 5) is 48.4. The van der Waals surface area contributed by atoms with Crippen molar-refractivity contribution in [3.63, 3.8) is 0 Å². The second kappa shape index (κ2) is 54.9. The molecule has 0 aliphatic carbocycles. The first-order chi connectivity index (χ1) is 36.2. The first kappa shape index (κ1) is 69.6. The van der Waals surface area contributed by atoms with Gasteiger partial charge in [0.25, 0.3) is 0 Å². The lowest BCUT2D eigenvalue weighted by Gasteiger charge is -2.21. The van der Waals surface area contributed by atoms with Gasteiger partial charge in [0.1, 0.15) is 12.7 Å². The van der Waals surface area contributed by atoms with Crippen molar-refractivity contribution in [1.29, 1.82) is 0 Å². The van der Waals surface area contributed by atoms with Crippen LogP contribution in [-0.4, -0.2) is 66.5 Å². The maximum absolute atomic E-state index is 12.9. The smallest absolute Gasteiger partial charge is 0.462 e. The molecule has 0 rings (SSSR count). The van der Waals surface area contributed by atoms with Crippen LogP contribution in [0.15, 0.2) is 134 Å². The number of unbranched alkanes of at least 4 members (excludes halogenated alkanes) is 12. The molecule has 0 saturated heterocycles. The highest BCUT2D eigenvalue weighted by Crippen LogP contribution is 2.43. The molecule has 0 aromatic rings. The zero-order valence-corrected chi connectivity index (χ0v) is 46.9. The molecule has 0 aromatic heterocycles. The molecule has 0 fully saturated rings. The molecule has 0 amide bonds. The van der Waals surface area contributed by atoms with Crippen molar-refractivity contribution < 1.29 is 52.2 Å². The third-order valence-electron chi connectivity index (χ3n) is 11.1. The second-order valence-corrected chi connectivity index (χ2v) is 19.4. The van der Waals surface area contributed by atoms with Gasteiger partial charge < -0.3 is 24.2 Å². The Hall–Kier alpha value is -4.38. The zero-order valence-electron chi connectivity index (χ0n) is 46.0. The van der Waals surface area contributed by atoms with E-state index in [0.29, 0.717) is 19.3 Å². The van der Waals surface area contributed by atoms with Crippen LogP contribution in [0.3, 0.4) is 0 Å². The highest BCUT2D eigenvalue weighted by molar-refractivity contribution is 7.47. The normalized spacial score (nSPS) is 14.4. The average Bonchev–Trinajstić information content (AvgIpc) is 3.39. The largest absolute Gasteiger partial charge is 0.472 e. The van der Waals surface area contributed by atoms with Gasteiger partial charge in [0, 0.05) is 12.8 Å². The van der Waals surface area contributed by atoms with Crippen LogP contribution in [0.4, 0.5) is 0 Å². The van der Waals surface area contributed by atoms with Crippen LogP contribution in [0.25, 0.3) is 0 Å². The Morgan fingerprint density at radius 1 is 0.405 bits per heavy atom. The van der Waals surface area contributed by atoms with Crippen LogP contribution >= 0.6 is 7.82 Å². The Kier molecular flexibility index (Phi) is 51.6. The predicted molar refractivity (Wildman–Crippen MR) is 306 cm³/mol. The van der Waals surface area contributed by atoms with E-state index in [1.54, 1.807) is 6.08 Å². The van der Waals surface area contributed by atoms with Crippen LogP contribution in [0, 0.1) is 0 Å². The SMILES string of the molecule is CC/C=C\C/C=C\C/C=C\C/C=C\C/C=C\CC(=O)OC(CO)COP(=O)(O)OCC(COC(=O)CCCCC/C=C\C/C=C\C/C=C\CC)OC(=O)CCCCCCCC/C=C\C/C=C\C/C=C\CCCCC. The van der Waals surface area contributed by atoms with Crippen molar-refractivity contribution in [3.05, 3.63) is 134 Å². The Morgan fingerprint density at radius 3 is 1.20 bits per heavy atom. The number of carbonyl (C=O) groups excluding carboxylic acids is 3. The number of hydrogen-bond donors (Lipinski definition) is 2. The van der Waals surface area contributed by atoms with E-state index in [0.717, 1.165) is 116 Å². The van der Waals surface area contributed by atoms with Gasteiger partial charge in [-0.15, -0.1) is 0 Å². The summed E-state index contributed by atoms with van der Waals surface area (Å²) in [5, 5.41) is 9.78. The number of ether oxygens (including phenoxy) is 3. The van der Waals surface area contributed by atoms with Crippen molar-refractivity contribution in [2.75, 3.05) is 26.4 Å². The molecule has 2 N–H and O–H groups in total. The van der Waals surface area contributed by atoms with Gasteiger partial charge >= 0.3 is 25.7 Å². The predicted octanol–water partition coefficient (Wildman–Crippen LogP) is 16.6. The number of allylic oxidation sites excluding steroid dienone is 21. The van der Waals surface area contributed by atoms with Gasteiger partial charge in [-0.3, -0.25) is 23.4 Å². The lowest BCUT2D eigenvalue weighted by molar-refractivity contribution is -0.161. The number of aliphatic hydroxyl groups is 1. The number of hydrogen-bond acceptors (Lipinski definition) is 10. The van der Waals surface area contributed by atoms with E-state index in [9.17, 15) is 28.9 Å². The van der Waals surface area contributed by atoms with Crippen LogP contribution in [0.1, 0.15) is 201 Å². The summed E-state index contributed by atoms with van der Waals surface area (Å²) in [6.07, 6.45) is 68.7. The topological polar surface area (TPSA) is 155 Å². The maximum atomic E-state index is 12.9. The molecule has 418 valence electrons. The Balaban J connectivity index is 4.88. The minimum Gasteiger partial charge on any atom is -0.462 e. The van der Waals surface area contributed by atoms with E-state index in [4.69, 9.17) is 23.3 Å². The number of phosphoric acid groups is 1. The monoisotopic (exact) mass is 1050 g/mol. The van der Waals surface area contributed by atoms with Crippen molar-refractivity contribution in [2.24, 2.45) is 0 Å². The summed E-state index contributed by atoms with van der Waals surface area (Å²) < 4.78 is 39.3. The Morgan fingerprint density at radius 2 is 0.757 bits per heavy atom. The third kappa shape index (κ3) is 52.5. The summed E-state index contributed by atoms with van der Waals surface area (Å²) in [5.41, 5.74) is 0. The van der Waals surface area contributed by atoms with Crippen molar-refractivity contribution in [3.8, 4) is 0 Å². The van der Waals surface area contributed by atoms with Crippen LogP contribution in [0.2, 0.25) is 0 Å². The van der Waals surface area contributed by atoms with Crippen molar-refractivity contribution in [1.82, 2.24) is 0 Å². The lowest BCUT2D eigenvalue weighted by atomic mass is 10.1. The molecular weight excluding hydrogens is 952 g/mol. The molecule has 0 aliphatic heterocycles. The van der Waals surface area contributed by atoms with Crippen LogP contribution in [0.5, 0.6) is 0 Å². The van der Waals surface area contributed by atoms with Crippen LogP contribution < -0.4 is 0 Å². The van der Waals surface area contributed by atoms with Gasteiger partial charge in [-0.05, 0) is 116 Å². The molecule has 0 heterocycles. The molecule has 3 unspecified atom stereocenters. The molecule has 12 heteroatoms. The summed E-state index contributed by atoms with van der Waals surface area (Å²) in [7, 11) is -4.79. The molecule has 0 spiro atoms. The summed E-state index contributed by atoms with van der Waals surface area (Å²) in [6.45, 7) is 4.20. The number of aliphatic hydroxyl groups excluding tert-OH is 1. The number of carbonyl (C=O) groups is 3. The molecule has 0 radical (unpaired) electrons. The van der Waals surface area contributed by atoms with E-state index >= 15 is 0 Å². The average molecular weight is 1050 g/mol. The Bertz CT molecular complexity index is 1750. The zero-order chi connectivity index (χ0) is 54.1. The Labute approximate surface area is 449 Å². The minimum atomic E-state index is -4.79. The van der Waals surface area contributed by atoms with E-state index in [2.05, 4.69) is 130 Å². The molecule has 3 atom stereocenters. The fraction of sp³-hybridized carbons (Fsp3) is 0.597. The van der Waals surface area contributed by atoms with E-state index < -0.39 is 57.8 Å². The van der Waals surface area contributed by atoms with Gasteiger partial charge in [-0.1, -0.05) is 199 Å².